The number of nitrogens with zero attached hydrogens (tertiary/aromatic N) is 2. The van der Waals surface area contributed by atoms with E-state index in [2.05, 4.69) is 20.5 Å². The molecule has 8 nitrogen and oxygen atoms in total. The van der Waals surface area contributed by atoms with Gasteiger partial charge in [0.25, 0.3) is 11.8 Å². The number of hydrogen-bond acceptors (Lipinski definition) is 5. The third kappa shape index (κ3) is 3.69. The molecule has 0 aliphatic carbocycles. The van der Waals surface area contributed by atoms with Crippen LogP contribution in [0.3, 0.4) is 0 Å². The van der Waals surface area contributed by atoms with Gasteiger partial charge in [0.1, 0.15) is 12.3 Å². The highest BCUT2D eigenvalue weighted by atomic mass is 16.5. The van der Waals surface area contributed by atoms with Gasteiger partial charge in [-0.2, -0.15) is 0 Å². The second-order valence-corrected chi connectivity index (χ2v) is 5.38. The van der Waals surface area contributed by atoms with Crippen molar-refractivity contribution in [3.8, 4) is 11.6 Å². The largest absolute Gasteiger partial charge is 0.497 e. The molecule has 132 valence electrons. The number of para-hydroxylation sites is 1. The number of methoxy groups -OCH3 is 1. The molecule has 3 N–H and O–H groups in total. The van der Waals surface area contributed by atoms with Gasteiger partial charge in [-0.05, 0) is 24.3 Å². The molecule has 0 aliphatic heterocycles. The quantitative estimate of drug-likeness (QED) is 0.612. The van der Waals surface area contributed by atoms with Gasteiger partial charge in [0, 0.05) is 10.9 Å². The Morgan fingerprint density at radius 1 is 1.19 bits per heavy atom. The van der Waals surface area contributed by atoms with E-state index < -0.39 is 11.8 Å². The predicted octanol–water partition coefficient (Wildman–Crippen LogP) is 2.92. The van der Waals surface area contributed by atoms with E-state index in [0.29, 0.717) is 22.2 Å². The standard InChI is InChI=1S/C18H16N4O4/c1-26-12-6-4-5-11(9-12)17(24)19-10-15(23)21-22-16-13-7-2-3-8-14(13)20-18(16)25/h2-9,20,25H,10H2,1H3,(H,19,24). The molecule has 0 saturated carbocycles. The Hall–Kier alpha value is -3.68. The number of aromatic nitrogens is 1. The zero-order chi connectivity index (χ0) is 18.5. The summed E-state index contributed by atoms with van der Waals surface area (Å²) in [7, 11) is 1.50. The molecule has 0 unspecified atom stereocenters. The number of nitrogens with one attached hydrogen (secondary N) is 2. The van der Waals surface area contributed by atoms with Crippen LogP contribution in [0.15, 0.2) is 58.8 Å². The van der Waals surface area contributed by atoms with Gasteiger partial charge in [0.15, 0.2) is 5.69 Å². The molecule has 0 atom stereocenters. The van der Waals surface area contributed by atoms with Crippen molar-refractivity contribution in [3.63, 3.8) is 0 Å². The highest BCUT2D eigenvalue weighted by molar-refractivity contribution is 5.97. The number of aromatic hydroxyl groups is 1. The molecule has 2 amide bonds. The number of aromatic amines is 1. The first-order valence-electron chi connectivity index (χ1n) is 7.75. The molecular formula is C18H16N4O4. The topological polar surface area (TPSA) is 116 Å². The van der Waals surface area contributed by atoms with Crippen LogP contribution in [0.5, 0.6) is 11.6 Å². The average molecular weight is 352 g/mol. The maximum atomic E-state index is 12.0. The summed E-state index contributed by atoms with van der Waals surface area (Å²) >= 11 is 0. The molecule has 0 fully saturated rings. The van der Waals surface area contributed by atoms with Gasteiger partial charge in [-0.15, -0.1) is 10.2 Å². The Balaban J connectivity index is 1.64. The summed E-state index contributed by atoms with van der Waals surface area (Å²) in [6.07, 6.45) is 0. The third-order valence-electron chi connectivity index (χ3n) is 3.65. The van der Waals surface area contributed by atoms with E-state index in [1.807, 2.05) is 0 Å². The Bertz CT molecular complexity index is 994. The lowest BCUT2D eigenvalue weighted by atomic mass is 10.2. The maximum absolute atomic E-state index is 12.0. The molecule has 3 aromatic rings. The first kappa shape index (κ1) is 17.2. The van der Waals surface area contributed by atoms with Crippen molar-refractivity contribution in [2.24, 2.45) is 10.2 Å². The lowest BCUT2D eigenvalue weighted by Gasteiger charge is -2.04. The monoisotopic (exact) mass is 352 g/mol. The number of hydrogen-bond donors (Lipinski definition) is 3. The van der Waals surface area contributed by atoms with Crippen LogP contribution < -0.4 is 10.1 Å². The summed E-state index contributed by atoms with van der Waals surface area (Å²) in [4.78, 5) is 26.6. The van der Waals surface area contributed by atoms with Crippen molar-refractivity contribution in [1.29, 1.82) is 0 Å². The highest BCUT2D eigenvalue weighted by Crippen LogP contribution is 2.35. The van der Waals surface area contributed by atoms with Crippen molar-refractivity contribution >= 4 is 28.4 Å². The number of azo groups is 1. The van der Waals surface area contributed by atoms with Gasteiger partial charge < -0.3 is 20.1 Å². The number of benzene rings is 2. The Kier molecular flexibility index (Phi) is 4.93. The zero-order valence-corrected chi connectivity index (χ0v) is 13.9. The highest BCUT2D eigenvalue weighted by Gasteiger charge is 2.11. The Morgan fingerprint density at radius 2 is 2.00 bits per heavy atom. The van der Waals surface area contributed by atoms with Crippen LogP contribution in [0.4, 0.5) is 5.69 Å². The fourth-order valence-corrected chi connectivity index (χ4v) is 2.38. The molecular weight excluding hydrogens is 336 g/mol. The van der Waals surface area contributed by atoms with Crippen LogP contribution in [0.25, 0.3) is 10.9 Å². The summed E-state index contributed by atoms with van der Waals surface area (Å²) in [6.45, 7) is -0.317. The number of fused-ring (bicyclic) bond motifs is 1. The summed E-state index contributed by atoms with van der Waals surface area (Å²) in [5.74, 6) is -0.713. The average Bonchev–Trinajstić information content (AvgIpc) is 2.99. The van der Waals surface area contributed by atoms with Crippen molar-refractivity contribution in [3.05, 3.63) is 54.1 Å². The lowest BCUT2D eigenvalue weighted by molar-refractivity contribution is -0.117. The minimum atomic E-state index is -0.647. The van der Waals surface area contributed by atoms with Crippen molar-refractivity contribution in [1.82, 2.24) is 10.3 Å². The van der Waals surface area contributed by atoms with Gasteiger partial charge in [-0.3, -0.25) is 9.59 Å². The molecule has 26 heavy (non-hydrogen) atoms. The Morgan fingerprint density at radius 3 is 2.81 bits per heavy atom. The van der Waals surface area contributed by atoms with E-state index >= 15 is 0 Å². The zero-order valence-electron chi connectivity index (χ0n) is 13.9. The molecule has 0 aliphatic rings. The van der Waals surface area contributed by atoms with Gasteiger partial charge in [-0.25, -0.2) is 0 Å². The van der Waals surface area contributed by atoms with Crippen LogP contribution >= 0.6 is 0 Å². The van der Waals surface area contributed by atoms with E-state index in [4.69, 9.17) is 4.74 Å². The molecule has 0 saturated heterocycles. The van der Waals surface area contributed by atoms with Crippen molar-refractivity contribution < 1.29 is 19.4 Å². The number of ether oxygens (including phenoxy) is 1. The summed E-state index contributed by atoms with van der Waals surface area (Å²) in [6, 6.07) is 13.7. The van der Waals surface area contributed by atoms with Crippen LogP contribution in [0, 0.1) is 0 Å². The normalized spacial score (nSPS) is 11.0. The molecule has 1 heterocycles. The number of amides is 2. The fraction of sp³-hybridized carbons (Fsp3) is 0.111. The SMILES string of the molecule is COc1cccc(C(=O)NCC(=O)N=Nc2c(O)[nH]c3ccccc23)c1. The summed E-state index contributed by atoms with van der Waals surface area (Å²) in [5.41, 5.74) is 1.22. The Labute approximate surface area is 148 Å². The number of carbonyl (C=O) groups excluding carboxylic acids is 2. The van der Waals surface area contributed by atoms with Gasteiger partial charge >= 0.3 is 0 Å². The van der Waals surface area contributed by atoms with Crippen LogP contribution in [-0.4, -0.2) is 35.6 Å². The van der Waals surface area contributed by atoms with E-state index in [-0.39, 0.29) is 18.1 Å². The molecule has 0 spiro atoms. The predicted molar refractivity (Wildman–Crippen MR) is 94.8 cm³/mol. The molecule has 1 aromatic heterocycles. The molecule has 0 radical (unpaired) electrons. The second-order valence-electron chi connectivity index (χ2n) is 5.38. The fourth-order valence-electron chi connectivity index (χ4n) is 2.38. The maximum Gasteiger partial charge on any atom is 0.283 e. The molecule has 2 aromatic carbocycles. The van der Waals surface area contributed by atoms with Crippen LogP contribution in [0.1, 0.15) is 10.4 Å². The van der Waals surface area contributed by atoms with E-state index in [1.165, 1.54) is 7.11 Å². The van der Waals surface area contributed by atoms with Gasteiger partial charge in [0.05, 0.1) is 12.6 Å². The molecule has 3 rings (SSSR count). The summed E-state index contributed by atoms with van der Waals surface area (Å²) in [5, 5.41) is 20.3. The lowest BCUT2D eigenvalue weighted by Crippen LogP contribution is -2.28. The van der Waals surface area contributed by atoms with E-state index in [1.54, 1.807) is 48.5 Å². The van der Waals surface area contributed by atoms with Crippen LogP contribution in [-0.2, 0) is 4.79 Å². The summed E-state index contributed by atoms with van der Waals surface area (Å²) < 4.78 is 5.05. The number of H-pyrrole nitrogens is 1. The van der Waals surface area contributed by atoms with E-state index in [0.717, 1.165) is 0 Å². The molecule has 8 heteroatoms. The van der Waals surface area contributed by atoms with Crippen LogP contribution in [0.2, 0.25) is 0 Å². The van der Waals surface area contributed by atoms with Gasteiger partial charge in [0.2, 0.25) is 5.88 Å². The first-order chi connectivity index (χ1) is 12.6. The minimum Gasteiger partial charge on any atom is -0.497 e. The number of carbonyl (C=O) groups is 2. The van der Waals surface area contributed by atoms with Crippen molar-refractivity contribution in [2.75, 3.05) is 13.7 Å². The minimum absolute atomic E-state index is 0.174. The van der Waals surface area contributed by atoms with Crippen molar-refractivity contribution in [2.45, 2.75) is 0 Å². The van der Waals surface area contributed by atoms with E-state index in [9.17, 15) is 14.7 Å². The smallest absolute Gasteiger partial charge is 0.283 e. The first-order valence-corrected chi connectivity index (χ1v) is 7.75. The molecule has 0 bridgehead atoms. The van der Waals surface area contributed by atoms with Gasteiger partial charge in [-0.1, -0.05) is 24.3 Å². The number of rotatable bonds is 5. The second kappa shape index (κ2) is 7.47. The third-order valence-corrected chi connectivity index (χ3v) is 3.65.